The van der Waals surface area contributed by atoms with E-state index >= 15 is 0 Å². The Labute approximate surface area is 166 Å². The first kappa shape index (κ1) is 19.3. The highest BCUT2D eigenvalue weighted by Gasteiger charge is 2.43. The average Bonchev–Trinajstić information content (AvgIpc) is 3.33. The Morgan fingerprint density at radius 2 is 2.36 bits per heavy atom. The third kappa shape index (κ3) is 3.77. The highest BCUT2D eigenvalue weighted by Crippen LogP contribution is 2.47. The molecule has 1 atom stereocenters. The lowest BCUT2D eigenvalue weighted by Gasteiger charge is -2.36. The topological polar surface area (TPSA) is 70.2 Å². The van der Waals surface area contributed by atoms with Gasteiger partial charge < -0.3 is 15.0 Å². The number of carbonyl (C=O) groups excluding carboxylic acids is 1. The molecule has 1 fully saturated rings. The van der Waals surface area contributed by atoms with E-state index in [0.717, 1.165) is 31.4 Å². The number of rotatable bonds is 5. The molecule has 1 saturated heterocycles. The SMILES string of the molecule is CNC(=O)c1sc(-c2cn[nH]c2)c2c1N(CCC1CCCCO1)CC(F)(F)C2. The second-order valence-corrected chi connectivity index (χ2v) is 8.41. The molecule has 0 aliphatic carbocycles. The summed E-state index contributed by atoms with van der Waals surface area (Å²) in [5, 5.41) is 9.31. The van der Waals surface area contributed by atoms with Crippen LogP contribution in [0.3, 0.4) is 0 Å². The van der Waals surface area contributed by atoms with Crippen LogP contribution in [0.2, 0.25) is 0 Å². The number of fused-ring (bicyclic) bond motifs is 1. The lowest BCUT2D eigenvalue weighted by molar-refractivity contribution is -0.000928. The molecule has 9 heteroatoms. The molecular weight excluding hydrogens is 386 g/mol. The van der Waals surface area contributed by atoms with Gasteiger partial charge in [0.25, 0.3) is 11.8 Å². The number of aromatic nitrogens is 2. The number of amides is 1. The maximum Gasteiger partial charge on any atom is 0.269 e. The molecule has 4 rings (SSSR count). The minimum atomic E-state index is -2.85. The summed E-state index contributed by atoms with van der Waals surface area (Å²) >= 11 is 1.25. The zero-order chi connectivity index (χ0) is 19.7. The van der Waals surface area contributed by atoms with Gasteiger partial charge in [-0.3, -0.25) is 9.89 Å². The quantitative estimate of drug-likeness (QED) is 0.792. The van der Waals surface area contributed by atoms with E-state index < -0.39 is 5.92 Å². The number of H-pyrrole nitrogens is 1. The van der Waals surface area contributed by atoms with Crippen LogP contribution in [0.5, 0.6) is 0 Å². The van der Waals surface area contributed by atoms with Crippen molar-refractivity contribution in [3.05, 3.63) is 22.8 Å². The normalized spacial score (nSPS) is 21.4. The van der Waals surface area contributed by atoms with Crippen LogP contribution < -0.4 is 10.2 Å². The molecule has 2 aromatic heterocycles. The van der Waals surface area contributed by atoms with Gasteiger partial charge in [-0.15, -0.1) is 11.3 Å². The molecule has 0 aromatic carbocycles. The zero-order valence-electron chi connectivity index (χ0n) is 15.8. The van der Waals surface area contributed by atoms with Crippen LogP contribution in [0.15, 0.2) is 12.4 Å². The predicted octanol–water partition coefficient (Wildman–Crippen LogP) is 3.45. The number of nitrogens with zero attached hydrogens (tertiary/aromatic N) is 2. The van der Waals surface area contributed by atoms with E-state index in [9.17, 15) is 13.6 Å². The van der Waals surface area contributed by atoms with E-state index in [0.29, 0.717) is 34.0 Å². The van der Waals surface area contributed by atoms with Crippen LogP contribution in [-0.2, 0) is 11.2 Å². The molecule has 4 heterocycles. The Morgan fingerprint density at radius 1 is 1.50 bits per heavy atom. The van der Waals surface area contributed by atoms with Crippen LogP contribution >= 0.6 is 11.3 Å². The maximum atomic E-state index is 14.6. The minimum Gasteiger partial charge on any atom is -0.378 e. The number of ether oxygens (including phenoxy) is 1. The lowest BCUT2D eigenvalue weighted by Crippen LogP contribution is -2.44. The molecule has 1 amide bonds. The highest BCUT2D eigenvalue weighted by atomic mass is 32.1. The van der Waals surface area contributed by atoms with Crippen LogP contribution in [-0.4, -0.2) is 54.9 Å². The van der Waals surface area contributed by atoms with E-state index in [1.165, 1.54) is 11.3 Å². The monoisotopic (exact) mass is 410 g/mol. The molecule has 28 heavy (non-hydrogen) atoms. The van der Waals surface area contributed by atoms with Gasteiger partial charge in [-0.2, -0.15) is 5.10 Å². The van der Waals surface area contributed by atoms with Gasteiger partial charge in [-0.25, -0.2) is 8.78 Å². The van der Waals surface area contributed by atoms with E-state index in [4.69, 9.17) is 4.74 Å². The Kier molecular flexibility index (Phi) is 5.37. The number of hydrogen-bond acceptors (Lipinski definition) is 5. The van der Waals surface area contributed by atoms with E-state index in [2.05, 4.69) is 15.5 Å². The predicted molar refractivity (Wildman–Crippen MR) is 104 cm³/mol. The van der Waals surface area contributed by atoms with Crippen molar-refractivity contribution in [3.63, 3.8) is 0 Å². The molecule has 2 aromatic rings. The van der Waals surface area contributed by atoms with Crippen molar-refractivity contribution in [2.24, 2.45) is 0 Å². The summed E-state index contributed by atoms with van der Waals surface area (Å²) in [6.45, 7) is 0.801. The van der Waals surface area contributed by atoms with Gasteiger partial charge in [0.1, 0.15) is 4.88 Å². The number of aromatic amines is 1. The number of hydrogen-bond donors (Lipinski definition) is 2. The molecule has 2 aliphatic rings. The van der Waals surface area contributed by atoms with Crippen molar-refractivity contribution in [2.75, 3.05) is 31.6 Å². The van der Waals surface area contributed by atoms with Crippen molar-refractivity contribution in [1.29, 1.82) is 0 Å². The summed E-state index contributed by atoms with van der Waals surface area (Å²) < 4.78 is 35.0. The summed E-state index contributed by atoms with van der Waals surface area (Å²) in [5.74, 6) is -3.10. The number of nitrogens with one attached hydrogen (secondary N) is 2. The van der Waals surface area contributed by atoms with Crippen molar-refractivity contribution >= 4 is 22.9 Å². The van der Waals surface area contributed by atoms with Crippen LogP contribution in [0, 0.1) is 0 Å². The standard InChI is InChI=1S/C19H24F2N4O2S/c1-22-18(26)17-15-14(16(28-17)12-9-23-24-10-12)8-19(20,21)11-25(15)6-5-13-4-2-3-7-27-13/h9-10,13H,2-8,11H2,1H3,(H,22,26)(H,23,24). The zero-order valence-corrected chi connectivity index (χ0v) is 16.6. The number of carbonyl (C=O) groups is 1. The average molecular weight is 410 g/mol. The first-order valence-corrected chi connectivity index (χ1v) is 10.4. The van der Waals surface area contributed by atoms with Gasteiger partial charge in [-0.05, 0) is 25.7 Å². The maximum absolute atomic E-state index is 14.6. The number of alkyl halides is 2. The van der Waals surface area contributed by atoms with Crippen LogP contribution in [0.1, 0.15) is 40.9 Å². The third-order valence-electron chi connectivity index (χ3n) is 5.34. The molecule has 2 N–H and O–H groups in total. The fourth-order valence-electron chi connectivity index (χ4n) is 4.03. The lowest BCUT2D eigenvalue weighted by atomic mass is 9.96. The van der Waals surface area contributed by atoms with Crippen molar-refractivity contribution < 1.29 is 18.3 Å². The van der Waals surface area contributed by atoms with Crippen LogP contribution in [0.4, 0.5) is 14.5 Å². The van der Waals surface area contributed by atoms with Gasteiger partial charge in [-0.1, -0.05) is 0 Å². The molecule has 2 aliphatic heterocycles. The summed E-state index contributed by atoms with van der Waals surface area (Å²) in [4.78, 5) is 15.4. The van der Waals surface area contributed by atoms with Crippen molar-refractivity contribution in [3.8, 4) is 10.4 Å². The number of halogens is 2. The Hall–Kier alpha value is -2.00. The molecule has 152 valence electrons. The van der Waals surface area contributed by atoms with Gasteiger partial charge >= 0.3 is 0 Å². The van der Waals surface area contributed by atoms with E-state index in [-0.39, 0.29) is 25.0 Å². The second-order valence-electron chi connectivity index (χ2n) is 7.39. The van der Waals surface area contributed by atoms with E-state index in [1.807, 2.05) is 0 Å². The minimum absolute atomic E-state index is 0.100. The molecule has 0 spiro atoms. The second kappa shape index (κ2) is 7.79. The van der Waals surface area contributed by atoms with Crippen LogP contribution in [0.25, 0.3) is 10.4 Å². The molecular formula is C19H24F2N4O2S. The van der Waals surface area contributed by atoms with Crippen molar-refractivity contribution in [2.45, 2.75) is 44.1 Å². The summed E-state index contributed by atoms with van der Waals surface area (Å²) in [6.07, 6.45) is 6.82. The molecule has 1 unspecified atom stereocenters. The molecule has 0 radical (unpaired) electrons. The Morgan fingerprint density at radius 3 is 3.04 bits per heavy atom. The summed E-state index contributed by atoms with van der Waals surface area (Å²) in [6, 6.07) is 0. The van der Waals surface area contributed by atoms with E-state index in [1.54, 1.807) is 24.3 Å². The fourth-order valence-corrected chi connectivity index (χ4v) is 5.30. The fraction of sp³-hybridized carbons (Fsp3) is 0.579. The largest absolute Gasteiger partial charge is 0.378 e. The van der Waals surface area contributed by atoms with Gasteiger partial charge in [0.15, 0.2) is 0 Å². The summed E-state index contributed by atoms with van der Waals surface area (Å²) in [7, 11) is 1.56. The third-order valence-corrected chi connectivity index (χ3v) is 6.61. The summed E-state index contributed by atoms with van der Waals surface area (Å²) in [5.41, 5.74) is 1.90. The Bertz CT molecular complexity index is 831. The Balaban J connectivity index is 1.70. The highest BCUT2D eigenvalue weighted by molar-refractivity contribution is 7.18. The molecule has 0 bridgehead atoms. The smallest absolute Gasteiger partial charge is 0.269 e. The van der Waals surface area contributed by atoms with Crippen molar-refractivity contribution in [1.82, 2.24) is 15.5 Å². The van der Waals surface area contributed by atoms with Gasteiger partial charge in [0.05, 0.1) is 24.5 Å². The number of anilines is 1. The molecule has 6 nitrogen and oxygen atoms in total. The molecule has 0 saturated carbocycles. The van der Waals surface area contributed by atoms with Gasteiger partial charge in [0.2, 0.25) is 0 Å². The first-order chi connectivity index (χ1) is 13.5. The van der Waals surface area contributed by atoms with Gasteiger partial charge in [0, 0.05) is 48.8 Å². The number of thiophene rings is 1. The first-order valence-electron chi connectivity index (χ1n) is 9.60.